The largest absolute Gasteiger partial charge is 0.396 e. The molecule has 2 aromatic rings. The molecule has 1 saturated carbocycles. The zero-order valence-electron chi connectivity index (χ0n) is 14.2. The first-order valence-electron chi connectivity index (χ1n) is 8.81. The molecular formula is C17H27N5O. The van der Waals surface area contributed by atoms with E-state index in [-0.39, 0.29) is 6.61 Å². The molecule has 126 valence electrons. The molecule has 2 aromatic heterocycles. The summed E-state index contributed by atoms with van der Waals surface area (Å²) in [5.41, 5.74) is 2.20. The Morgan fingerprint density at radius 3 is 2.74 bits per heavy atom. The maximum Gasteiger partial charge on any atom is 0.176 e. The van der Waals surface area contributed by atoms with Crippen LogP contribution in [-0.2, 0) is 20.0 Å². The van der Waals surface area contributed by atoms with Crippen LogP contribution in [0, 0.1) is 0 Å². The van der Waals surface area contributed by atoms with Gasteiger partial charge in [0.15, 0.2) is 11.6 Å². The number of aliphatic hydroxyl groups is 1. The summed E-state index contributed by atoms with van der Waals surface area (Å²) >= 11 is 0. The van der Waals surface area contributed by atoms with Crippen LogP contribution in [0.5, 0.6) is 0 Å². The van der Waals surface area contributed by atoms with Crippen molar-refractivity contribution in [2.75, 3.05) is 6.61 Å². The van der Waals surface area contributed by atoms with Gasteiger partial charge in [0, 0.05) is 32.5 Å². The Morgan fingerprint density at radius 1 is 1.22 bits per heavy atom. The van der Waals surface area contributed by atoms with E-state index in [9.17, 15) is 0 Å². The Morgan fingerprint density at radius 2 is 2.04 bits per heavy atom. The molecule has 0 unspecified atom stereocenters. The summed E-state index contributed by atoms with van der Waals surface area (Å²) in [5, 5.41) is 18.4. The summed E-state index contributed by atoms with van der Waals surface area (Å²) in [5.74, 6) is 2.42. The first kappa shape index (κ1) is 16.2. The number of hydrogen-bond donors (Lipinski definition) is 1. The van der Waals surface area contributed by atoms with E-state index < -0.39 is 0 Å². The molecule has 0 atom stereocenters. The third kappa shape index (κ3) is 3.80. The summed E-state index contributed by atoms with van der Waals surface area (Å²) < 4.78 is 3.86. The van der Waals surface area contributed by atoms with Crippen LogP contribution in [0.25, 0.3) is 11.5 Å². The minimum Gasteiger partial charge on any atom is -0.396 e. The van der Waals surface area contributed by atoms with Crippen LogP contribution in [0.2, 0.25) is 0 Å². The summed E-state index contributed by atoms with van der Waals surface area (Å²) in [6, 6.07) is 2.16. The van der Waals surface area contributed by atoms with Gasteiger partial charge in [-0.15, -0.1) is 0 Å². The number of aryl methyl sites for hydroxylation is 3. The van der Waals surface area contributed by atoms with Gasteiger partial charge < -0.3 is 5.11 Å². The number of unbranched alkanes of at least 4 members (excludes halogenated alkanes) is 2. The Bertz CT molecular complexity index is 641. The molecule has 0 aliphatic heterocycles. The monoisotopic (exact) mass is 317 g/mol. The lowest BCUT2D eigenvalue weighted by Crippen LogP contribution is -2.07. The summed E-state index contributed by atoms with van der Waals surface area (Å²) in [6.45, 7) is 3.06. The molecule has 1 aliphatic rings. The van der Waals surface area contributed by atoms with Crippen LogP contribution in [0.4, 0.5) is 0 Å². The van der Waals surface area contributed by atoms with Crippen molar-refractivity contribution >= 4 is 0 Å². The van der Waals surface area contributed by atoms with Gasteiger partial charge in [-0.1, -0.05) is 19.8 Å². The van der Waals surface area contributed by atoms with E-state index in [1.54, 1.807) is 0 Å². The Labute approximate surface area is 137 Å². The lowest BCUT2D eigenvalue weighted by molar-refractivity contribution is 0.277. The third-order valence-corrected chi connectivity index (χ3v) is 4.37. The predicted octanol–water partition coefficient (Wildman–Crippen LogP) is 2.67. The van der Waals surface area contributed by atoms with Crippen molar-refractivity contribution in [3.05, 3.63) is 17.6 Å². The van der Waals surface area contributed by atoms with Crippen molar-refractivity contribution in [1.29, 1.82) is 0 Å². The second-order valence-electron chi connectivity index (χ2n) is 6.46. The number of aromatic nitrogens is 5. The highest BCUT2D eigenvalue weighted by atomic mass is 16.3. The van der Waals surface area contributed by atoms with Gasteiger partial charge in [-0.2, -0.15) is 10.2 Å². The minimum absolute atomic E-state index is 0.170. The maximum atomic E-state index is 9.13. The standard InChI is InChI=1S/C17H27N5O/c1-3-4-5-7-16-18-17(22(20-16)10-6-11-23)15-12-14(13-8-9-13)19-21(15)2/h12-13,23H,3-11H2,1-2H3. The van der Waals surface area contributed by atoms with Gasteiger partial charge in [-0.3, -0.25) is 4.68 Å². The van der Waals surface area contributed by atoms with E-state index in [1.165, 1.54) is 31.4 Å². The molecule has 0 bridgehead atoms. The first-order valence-corrected chi connectivity index (χ1v) is 8.81. The van der Waals surface area contributed by atoms with Gasteiger partial charge in [-0.25, -0.2) is 9.67 Å². The van der Waals surface area contributed by atoms with Crippen molar-refractivity contribution < 1.29 is 5.11 Å². The van der Waals surface area contributed by atoms with E-state index in [0.29, 0.717) is 18.9 Å². The second kappa shape index (κ2) is 7.25. The molecule has 0 spiro atoms. The van der Waals surface area contributed by atoms with Crippen molar-refractivity contribution in [3.63, 3.8) is 0 Å². The summed E-state index contributed by atoms with van der Waals surface area (Å²) in [6.07, 6.45) is 7.63. The lowest BCUT2D eigenvalue weighted by atomic mass is 10.2. The highest BCUT2D eigenvalue weighted by Gasteiger charge is 2.28. The van der Waals surface area contributed by atoms with Gasteiger partial charge in [0.1, 0.15) is 5.69 Å². The van der Waals surface area contributed by atoms with Gasteiger partial charge in [0.2, 0.25) is 0 Å². The molecule has 23 heavy (non-hydrogen) atoms. The molecule has 3 rings (SSSR count). The van der Waals surface area contributed by atoms with Crippen molar-refractivity contribution in [2.24, 2.45) is 7.05 Å². The molecule has 0 radical (unpaired) electrons. The number of hydrogen-bond acceptors (Lipinski definition) is 4. The molecule has 2 heterocycles. The van der Waals surface area contributed by atoms with Crippen LogP contribution in [0.1, 0.15) is 62.9 Å². The Kier molecular flexibility index (Phi) is 5.10. The Balaban J connectivity index is 1.85. The average Bonchev–Trinajstić information content (AvgIpc) is 3.21. The van der Waals surface area contributed by atoms with Crippen LogP contribution < -0.4 is 0 Å². The normalized spacial score (nSPS) is 14.6. The summed E-state index contributed by atoms with van der Waals surface area (Å²) in [7, 11) is 1.98. The van der Waals surface area contributed by atoms with Crippen molar-refractivity contribution in [2.45, 2.75) is 64.3 Å². The molecule has 1 fully saturated rings. The smallest absolute Gasteiger partial charge is 0.176 e. The first-order chi connectivity index (χ1) is 11.2. The van der Waals surface area contributed by atoms with Gasteiger partial charge in [0.05, 0.1) is 5.69 Å². The van der Waals surface area contributed by atoms with Crippen LogP contribution >= 0.6 is 0 Å². The minimum atomic E-state index is 0.170. The Hall–Kier alpha value is -1.69. The van der Waals surface area contributed by atoms with E-state index in [1.807, 2.05) is 16.4 Å². The maximum absolute atomic E-state index is 9.13. The zero-order chi connectivity index (χ0) is 16.2. The van der Waals surface area contributed by atoms with E-state index in [2.05, 4.69) is 23.2 Å². The fourth-order valence-corrected chi connectivity index (χ4v) is 2.87. The number of aliphatic hydroxyl groups excluding tert-OH is 1. The molecule has 0 saturated heterocycles. The van der Waals surface area contributed by atoms with Gasteiger partial charge in [0.25, 0.3) is 0 Å². The summed E-state index contributed by atoms with van der Waals surface area (Å²) in [4.78, 5) is 4.77. The molecule has 6 nitrogen and oxygen atoms in total. The van der Waals surface area contributed by atoms with Crippen molar-refractivity contribution in [3.8, 4) is 11.5 Å². The molecular weight excluding hydrogens is 290 g/mol. The fourth-order valence-electron chi connectivity index (χ4n) is 2.87. The van der Waals surface area contributed by atoms with E-state index in [4.69, 9.17) is 10.1 Å². The SMILES string of the molecule is CCCCCc1nc(-c2cc(C3CC3)nn2C)n(CCCO)n1. The van der Waals surface area contributed by atoms with Crippen molar-refractivity contribution in [1.82, 2.24) is 24.5 Å². The quantitative estimate of drug-likeness (QED) is 0.722. The third-order valence-electron chi connectivity index (χ3n) is 4.37. The fraction of sp³-hybridized carbons (Fsp3) is 0.706. The number of nitrogens with zero attached hydrogens (tertiary/aromatic N) is 5. The second-order valence-corrected chi connectivity index (χ2v) is 6.46. The van der Waals surface area contributed by atoms with Crippen LogP contribution in [0.15, 0.2) is 6.07 Å². The molecule has 1 N–H and O–H groups in total. The topological polar surface area (TPSA) is 68.8 Å². The molecule has 0 amide bonds. The highest BCUT2D eigenvalue weighted by molar-refractivity contribution is 5.51. The van der Waals surface area contributed by atoms with Gasteiger partial charge in [-0.05, 0) is 31.7 Å². The lowest BCUT2D eigenvalue weighted by Gasteiger charge is -2.04. The number of rotatable bonds is 9. The average molecular weight is 317 g/mol. The van der Waals surface area contributed by atoms with Crippen LogP contribution in [0.3, 0.4) is 0 Å². The van der Waals surface area contributed by atoms with E-state index in [0.717, 1.165) is 30.2 Å². The molecule has 1 aliphatic carbocycles. The molecule has 0 aromatic carbocycles. The van der Waals surface area contributed by atoms with Crippen LogP contribution in [-0.4, -0.2) is 36.3 Å². The van der Waals surface area contributed by atoms with E-state index >= 15 is 0 Å². The molecule has 6 heteroatoms. The van der Waals surface area contributed by atoms with Gasteiger partial charge >= 0.3 is 0 Å². The highest BCUT2D eigenvalue weighted by Crippen LogP contribution is 2.40. The predicted molar refractivity (Wildman–Crippen MR) is 89.1 cm³/mol. The zero-order valence-corrected chi connectivity index (χ0v) is 14.2.